The van der Waals surface area contributed by atoms with Gasteiger partial charge in [-0.25, -0.2) is 4.79 Å². The van der Waals surface area contributed by atoms with Crippen LogP contribution in [0.4, 0.5) is 0 Å². The molecular formula is C13H15BrO4. The maximum Gasteiger partial charge on any atom is 0.345 e. The molecule has 18 heavy (non-hydrogen) atoms. The second-order valence-corrected chi connectivity index (χ2v) is 5.23. The molecule has 4 nitrogen and oxygen atoms in total. The van der Waals surface area contributed by atoms with Crippen LogP contribution in [-0.4, -0.2) is 23.7 Å². The largest absolute Gasteiger partial charge is 0.493 e. The van der Waals surface area contributed by atoms with E-state index in [-0.39, 0.29) is 5.97 Å². The van der Waals surface area contributed by atoms with E-state index < -0.39 is 5.79 Å². The second-order valence-electron chi connectivity index (χ2n) is 4.44. The van der Waals surface area contributed by atoms with E-state index in [0.29, 0.717) is 23.7 Å². The molecule has 0 fully saturated rings. The number of carbonyl (C=O) groups excluding carboxylic acids is 1. The zero-order valence-corrected chi connectivity index (χ0v) is 12.0. The Hall–Kier alpha value is -1.23. The highest BCUT2D eigenvalue weighted by molar-refractivity contribution is 9.09. The minimum absolute atomic E-state index is 0.367. The van der Waals surface area contributed by atoms with Crippen molar-refractivity contribution in [2.45, 2.75) is 26.1 Å². The fraction of sp³-hybridized carbons (Fsp3) is 0.462. The first-order valence-electron chi connectivity index (χ1n) is 5.77. The van der Waals surface area contributed by atoms with Crippen molar-refractivity contribution in [2.24, 2.45) is 0 Å². The summed E-state index contributed by atoms with van der Waals surface area (Å²) in [5.74, 6) is -0.0977. The number of fused-ring (bicyclic) bond motifs is 1. The van der Waals surface area contributed by atoms with Crippen molar-refractivity contribution in [3.63, 3.8) is 0 Å². The molecule has 2 rings (SSSR count). The van der Waals surface area contributed by atoms with Gasteiger partial charge in [0.25, 0.3) is 0 Å². The number of ether oxygens (including phenoxy) is 3. The third-order valence-electron chi connectivity index (χ3n) is 2.41. The number of alkyl halides is 1. The van der Waals surface area contributed by atoms with Gasteiger partial charge in [0.15, 0.2) is 0 Å². The molecule has 0 aliphatic carbocycles. The van der Waals surface area contributed by atoms with Gasteiger partial charge in [-0.05, 0) is 18.6 Å². The average Bonchev–Trinajstić information content (AvgIpc) is 2.27. The lowest BCUT2D eigenvalue weighted by Gasteiger charge is -2.31. The molecule has 1 aromatic carbocycles. The summed E-state index contributed by atoms with van der Waals surface area (Å²) in [5.41, 5.74) is 0.433. The van der Waals surface area contributed by atoms with E-state index in [1.165, 1.54) is 0 Å². The normalized spacial score (nSPS) is 16.5. The lowest BCUT2D eigenvalue weighted by Crippen LogP contribution is -2.38. The van der Waals surface area contributed by atoms with E-state index in [9.17, 15) is 4.79 Å². The van der Waals surface area contributed by atoms with Crippen molar-refractivity contribution >= 4 is 21.9 Å². The van der Waals surface area contributed by atoms with Gasteiger partial charge in [0.05, 0.1) is 6.61 Å². The van der Waals surface area contributed by atoms with Crippen molar-refractivity contribution < 1.29 is 19.0 Å². The molecule has 0 radical (unpaired) electrons. The molecular weight excluding hydrogens is 300 g/mol. The van der Waals surface area contributed by atoms with Crippen LogP contribution in [-0.2, 0) is 4.74 Å². The minimum Gasteiger partial charge on any atom is -0.493 e. The maximum atomic E-state index is 11.7. The molecule has 0 unspecified atom stereocenters. The van der Waals surface area contributed by atoms with Crippen molar-refractivity contribution in [2.75, 3.05) is 11.9 Å². The Morgan fingerprint density at radius 1 is 1.33 bits per heavy atom. The molecule has 0 spiro atoms. The summed E-state index contributed by atoms with van der Waals surface area (Å²) in [5, 5.41) is 0.897. The number of halogens is 1. The molecule has 1 aromatic rings. The van der Waals surface area contributed by atoms with E-state index in [2.05, 4.69) is 15.9 Å². The van der Waals surface area contributed by atoms with Gasteiger partial charge in [-0.1, -0.05) is 15.9 Å². The predicted octanol–water partition coefficient (Wildman–Crippen LogP) is 3.14. The number of esters is 1. The molecule has 0 amide bonds. The topological polar surface area (TPSA) is 44.8 Å². The summed E-state index contributed by atoms with van der Waals surface area (Å²) in [6, 6.07) is 5.14. The van der Waals surface area contributed by atoms with Crippen LogP contribution in [0.1, 0.15) is 30.6 Å². The summed E-state index contributed by atoms with van der Waals surface area (Å²) in [6.45, 7) is 4.02. The summed E-state index contributed by atoms with van der Waals surface area (Å²) < 4.78 is 16.3. The van der Waals surface area contributed by atoms with Crippen LogP contribution in [0.3, 0.4) is 0 Å². The predicted molar refractivity (Wildman–Crippen MR) is 70.5 cm³/mol. The molecule has 98 valence electrons. The fourth-order valence-electron chi connectivity index (χ4n) is 1.65. The molecule has 0 aromatic heterocycles. The fourth-order valence-corrected chi connectivity index (χ4v) is 1.88. The highest BCUT2D eigenvalue weighted by atomic mass is 79.9. The Bertz CT molecular complexity index is 456. The first-order valence-corrected chi connectivity index (χ1v) is 6.89. The quantitative estimate of drug-likeness (QED) is 0.486. The van der Waals surface area contributed by atoms with Gasteiger partial charge in [0.1, 0.15) is 17.1 Å². The summed E-state index contributed by atoms with van der Waals surface area (Å²) in [7, 11) is 0. The lowest BCUT2D eigenvalue weighted by atomic mass is 10.1. The molecule has 0 N–H and O–H groups in total. The standard InChI is InChI=1S/C13H15BrO4/c1-13(2)17-11-8-9(16-7-3-6-14)4-5-10(11)12(15)18-13/h4-5,8H,3,6-7H2,1-2H3. The Kier molecular flexibility index (Phi) is 3.80. The lowest BCUT2D eigenvalue weighted by molar-refractivity contribution is -0.127. The highest BCUT2D eigenvalue weighted by Crippen LogP contribution is 2.33. The van der Waals surface area contributed by atoms with E-state index in [4.69, 9.17) is 14.2 Å². The number of hydrogen-bond donors (Lipinski definition) is 0. The number of cyclic esters (lactones) is 1. The van der Waals surface area contributed by atoms with Gasteiger partial charge < -0.3 is 14.2 Å². The van der Waals surface area contributed by atoms with Gasteiger partial charge in [-0.3, -0.25) is 0 Å². The van der Waals surface area contributed by atoms with Gasteiger partial charge in [-0.2, -0.15) is 0 Å². The van der Waals surface area contributed by atoms with Crippen LogP contribution in [0.5, 0.6) is 11.5 Å². The number of carbonyl (C=O) groups is 1. The van der Waals surface area contributed by atoms with Crippen LogP contribution >= 0.6 is 15.9 Å². The van der Waals surface area contributed by atoms with Crippen LogP contribution < -0.4 is 9.47 Å². The maximum absolute atomic E-state index is 11.7. The zero-order chi connectivity index (χ0) is 13.2. The SMILES string of the molecule is CC1(C)OC(=O)c2ccc(OCCCBr)cc2O1. The molecule has 0 saturated heterocycles. The third-order valence-corrected chi connectivity index (χ3v) is 2.97. The highest BCUT2D eigenvalue weighted by Gasteiger charge is 2.33. The van der Waals surface area contributed by atoms with Gasteiger partial charge in [-0.15, -0.1) is 0 Å². The minimum atomic E-state index is -0.932. The molecule has 0 bridgehead atoms. The van der Waals surface area contributed by atoms with Crippen molar-refractivity contribution in [3.8, 4) is 11.5 Å². The molecule has 1 aliphatic heterocycles. The second kappa shape index (κ2) is 5.18. The monoisotopic (exact) mass is 314 g/mol. The average molecular weight is 315 g/mol. The van der Waals surface area contributed by atoms with Crippen LogP contribution in [0.25, 0.3) is 0 Å². The molecule has 0 atom stereocenters. The molecule has 1 heterocycles. The molecule has 5 heteroatoms. The van der Waals surface area contributed by atoms with E-state index in [1.807, 2.05) is 0 Å². The Morgan fingerprint density at radius 2 is 2.11 bits per heavy atom. The number of hydrogen-bond acceptors (Lipinski definition) is 4. The van der Waals surface area contributed by atoms with Crippen LogP contribution in [0.2, 0.25) is 0 Å². The summed E-state index contributed by atoms with van der Waals surface area (Å²) in [6.07, 6.45) is 0.922. The first-order chi connectivity index (χ1) is 8.52. The number of rotatable bonds is 4. The van der Waals surface area contributed by atoms with Crippen molar-refractivity contribution in [1.82, 2.24) is 0 Å². The Morgan fingerprint density at radius 3 is 2.83 bits per heavy atom. The number of benzene rings is 1. The van der Waals surface area contributed by atoms with Crippen molar-refractivity contribution in [1.29, 1.82) is 0 Å². The van der Waals surface area contributed by atoms with Crippen molar-refractivity contribution in [3.05, 3.63) is 23.8 Å². The van der Waals surface area contributed by atoms with Crippen LogP contribution in [0.15, 0.2) is 18.2 Å². The third kappa shape index (κ3) is 2.96. The van der Waals surface area contributed by atoms with Gasteiger partial charge in [0.2, 0.25) is 5.79 Å². The van der Waals surface area contributed by atoms with Gasteiger partial charge in [0, 0.05) is 25.2 Å². The van der Waals surface area contributed by atoms with E-state index in [1.54, 1.807) is 32.0 Å². The Balaban J connectivity index is 2.18. The zero-order valence-electron chi connectivity index (χ0n) is 10.4. The van der Waals surface area contributed by atoms with E-state index in [0.717, 1.165) is 11.8 Å². The van der Waals surface area contributed by atoms with Crippen LogP contribution in [0, 0.1) is 0 Å². The van der Waals surface area contributed by atoms with E-state index >= 15 is 0 Å². The van der Waals surface area contributed by atoms with Gasteiger partial charge >= 0.3 is 5.97 Å². The smallest absolute Gasteiger partial charge is 0.345 e. The summed E-state index contributed by atoms with van der Waals surface area (Å²) >= 11 is 3.34. The first kappa shape index (κ1) is 13.2. The summed E-state index contributed by atoms with van der Waals surface area (Å²) in [4.78, 5) is 11.7. The molecule has 1 aliphatic rings. The molecule has 0 saturated carbocycles. The Labute approximate surface area is 114 Å².